The number of benzene rings is 2. The van der Waals surface area contributed by atoms with Crippen molar-refractivity contribution < 1.29 is 13.2 Å². The van der Waals surface area contributed by atoms with Crippen LogP contribution in [0.4, 0.5) is 24.5 Å². The van der Waals surface area contributed by atoms with Crippen LogP contribution in [0.1, 0.15) is 16.7 Å². The van der Waals surface area contributed by atoms with Crippen LogP contribution in [0.3, 0.4) is 0 Å². The third-order valence-corrected chi connectivity index (χ3v) is 2.80. The van der Waals surface area contributed by atoms with Crippen molar-refractivity contribution in [1.82, 2.24) is 0 Å². The first kappa shape index (κ1) is 13.9. The summed E-state index contributed by atoms with van der Waals surface area (Å²) >= 11 is 0. The molecule has 0 amide bonds. The lowest BCUT2D eigenvalue weighted by Gasteiger charge is -2.11. The lowest BCUT2D eigenvalue weighted by Crippen LogP contribution is -2.06. The quantitative estimate of drug-likeness (QED) is 0.868. The summed E-state index contributed by atoms with van der Waals surface area (Å²) in [5.41, 5.74) is 1.27. The van der Waals surface area contributed by atoms with Gasteiger partial charge in [-0.15, -0.1) is 0 Å². The first-order valence-corrected chi connectivity index (χ1v) is 5.85. The lowest BCUT2D eigenvalue weighted by atomic mass is 10.1. The van der Waals surface area contributed by atoms with Crippen molar-refractivity contribution in [3.63, 3.8) is 0 Å². The Hall–Kier alpha value is -2.48. The van der Waals surface area contributed by atoms with Gasteiger partial charge in [-0.05, 0) is 37.3 Å². The number of hydrogen-bond acceptors (Lipinski definition) is 2. The average Bonchev–Trinajstić information content (AvgIpc) is 2.40. The van der Waals surface area contributed by atoms with E-state index in [1.807, 2.05) is 19.1 Å². The Morgan fingerprint density at radius 1 is 1.05 bits per heavy atom. The zero-order chi connectivity index (χ0) is 14.8. The van der Waals surface area contributed by atoms with Gasteiger partial charge in [0.1, 0.15) is 6.07 Å². The summed E-state index contributed by atoms with van der Waals surface area (Å²) in [6.45, 7) is 1.93. The highest BCUT2D eigenvalue weighted by Gasteiger charge is 2.31. The summed E-state index contributed by atoms with van der Waals surface area (Å²) in [6.07, 6.45) is -4.45. The molecule has 5 heteroatoms. The molecule has 0 saturated carbocycles. The van der Waals surface area contributed by atoms with E-state index in [1.165, 1.54) is 6.07 Å². The summed E-state index contributed by atoms with van der Waals surface area (Å²) in [5, 5.41) is 11.9. The number of anilines is 2. The summed E-state index contributed by atoms with van der Waals surface area (Å²) in [7, 11) is 0. The summed E-state index contributed by atoms with van der Waals surface area (Å²) in [6, 6.07) is 12.2. The van der Waals surface area contributed by atoms with Crippen LogP contribution < -0.4 is 5.32 Å². The molecule has 2 aromatic rings. The molecular formula is C15H11F3N2. The van der Waals surface area contributed by atoms with Crippen molar-refractivity contribution >= 4 is 11.4 Å². The largest absolute Gasteiger partial charge is 0.416 e. The summed E-state index contributed by atoms with van der Waals surface area (Å²) < 4.78 is 37.7. The second-order valence-electron chi connectivity index (χ2n) is 4.36. The minimum atomic E-state index is -4.45. The van der Waals surface area contributed by atoms with Crippen LogP contribution in [0.2, 0.25) is 0 Å². The molecule has 0 aromatic heterocycles. The van der Waals surface area contributed by atoms with Gasteiger partial charge in [0, 0.05) is 5.69 Å². The van der Waals surface area contributed by atoms with Crippen LogP contribution in [0, 0.1) is 18.3 Å². The smallest absolute Gasteiger partial charge is 0.354 e. The first-order chi connectivity index (χ1) is 9.40. The van der Waals surface area contributed by atoms with Crippen LogP contribution >= 0.6 is 0 Å². The molecule has 0 heterocycles. The van der Waals surface area contributed by atoms with Crippen molar-refractivity contribution in [2.24, 2.45) is 0 Å². The average molecular weight is 276 g/mol. The number of hydrogen-bond donors (Lipinski definition) is 1. The molecular weight excluding hydrogens is 265 g/mol. The van der Waals surface area contributed by atoms with Crippen LogP contribution in [0.5, 0.6) is 0 Å². The maximum atomic E-state index is 12.6. The van der Waals surface area contributed by atoms with Crippen molar-refractivity contribution in [3.8, 4) is 6.07 Å². The maximum Gasteiger partial charge on any atom is 0.416 e. The molecule has 0 aliphatic carbocycles. The van der Waals surface area contributed by atoms with Gasteiger partial charge in [-0.1, -0.05) is 17.7 Å². The molecule has 0 fully saturated rings. The van der Waals surface area contributed by atoms with Gasteiger partial charge in [-0.25, -0.2) is 0 Å². The third-order valence-electron chi connectivity index (χ3n) is 2.80. The van der Waals surface area contributed by atoms with Crippen molar-refractivity contribution in [2.45, 2.75) is 13.1 Å². The Bertz CT molecular complexity index is 652. The van der Waals surface area contributed by atoms with E-state index in [2.05, 4.69) is 5.32 Å². The lowest BCUT2D eigenvalue weighted by molar-refractivity contribution is -0.137. The van der Waals surface area contributed by atoms with Gasteiger partial charge in [0.2, 0.25) is 0 Å². The molecule has 0 aliphatic heterocycles. The van der Waals surface area contributed by atoms with E-state index in [1.54, 1.807) is 18.2 Å². The first-order valence-electron chi connectivity index (χ1n) is 5.85. The number of nitrogens with one attached hydrogen (secondary N) is 1. The zero-order valence-electron chi connectivity index (χ0n) is 10.6. The molecule has 2 nitrogen and oxygen atoms in total. The van der Waals surface area contributed by atoms with E-state index in [0.717, 1.165) is 17.7 Å². The highest BCUT2D eigenvalue weighted by molar-refractivity contribution is 5.67. The van der Waals surface area contributed by atoms with Gasteiger partial charge in [-0.3, -0.25) is 0 Å². The van der Waals surface area contributed by atoms with Gasteiger partial charge in [0.15, 0.2) is 0 Å². The fraction of sp³-hybridized carbons (Fsp3) is 0.133. The molecule has 0 unspecified atom stereocenters. The van der Waals surface area contributed by atoms with E-state index in [-0.39, 0.29) is 5.56 Å². The number of halogens is 3. The number of nitrogens with zero attached hydrogens (tertiary/aromatic N) is 1. The Kier molecular flexibility index (Phi) is 3.66. The summed E-state index contributed by atoms with van der Waals surface area (Å²) in [4.78, 5) is 0. The van der Waals surface area contributed by atoms with Crippen LogP contribution in [0.25, 0.3) is 0 Å². The second-order valence-corrected chi connectivity index (χ2v) is 4.36. The van der Waals surface area contributed by atoms with Gasteiger partial charge >= 0.3 is 6.18 Å². The number of rotatable bonds is 2. The van der Waals surface area contributed by atoms with Gasteiger partial charge < -0.3 is 5.32 Å². The van der Waals surface area contributed by atoms with E-state index in [4.69, 9.17) is 5.26 Å². The zero-order valence-corrected chi connectivity index (χ0v) is 10.6. The van der Waals surface area contributed by atoms with E-state index >= 15 is 0 Å². The predicted molar refractivity (Wildman–Crippen MR) is 70.6 cm³/mol. The molecule has 0 radical (unpaired) electrons. The molecule has 1 N–H and O–H groups in total. The number of aryl methyl sites for hydroxylation is 1. The van der Waals surface area contributed by atoms with Gasteiger partial charge in [0.05, 0.1) is 16.8 Å². The molecule has 0 aliphatic rings. The van der Waals surface area contributed by atoms with Gasteiger partial charge in [-0.2, -0.15) is 18.4 Å². The summed E-state index contributed by atoms with van der Waals surface area (Å²) in [5.74, 6) is 0. The van der Waals surface area contributed by atoms with Crippen LogP contribution in [0.15, 0.2) is 42.5 Å². The molecule has 2 rings (SSSR count). The monoisotopic (exact) mass is 276 g/mol. The number of nitriles is 1. The van der Waals surface area contributed by atoms with Crippen LogP contribution in [-0.2, 0) is 6.18 Å². The van der Waals surface area contributed by atoms with E-state index in [9.17, 15) is 13.2 Å². The molecule has 0 bridgehead atoms. The van der Waals surface area contributed by atoms with Crippen LogP contribution in [-0.4, -0.2) is 0 Å². The Labute approximate surface area is 114 Å². The van der Waals surface area contributed by atoms with Crippen molar-refractivity contribution in [3.05, 3.63) is 59.2 Å². The standard InChI is InChI=1S/C15H11F3N2/c1-10-2-5-13(6-3-10)20-14-7-4-12(15(16,17)18)8-11(14)9-19/h2-8,20H,1H3. The predicted octanol–water partition coefficient (Wildman–Crippen LogP) is 4.63. The fourth-order valence-electron chi connectivity index (χ4n) is 1.71. The molecule has 102 valence electrons. The minimum Gasteiger partial charge on any atom is -0.354 e. The number of alkyl halides is 3. The van der Waals surface area contributed by atoms with Crippen molar-refractivity contribution in [2.75, 3.05) is 5.32 Å². The van der Waals surface area contributed by atoms with E-state index in [0.29, 0.717) is 11.4 Å². The maximum absolute atomic E-state index is 12.6. The SMILES string of the molecule is Cc1ccc(Nc2ccc(C(F)(F)F)cc2C#N)cc1. The third kappa shape index (κ3) is 3.09. The highest BCUT2D eigenvalue weighted by atomic mass is 19.4. The minimum absolute atomic E-state index is 0.0413. The molecule has 0 atom stereocenters. The van der Waals surface area contributed by atoms with Gasteiger partial charge in [0.25, 0.3) is 0 Å². The highest BCUT2D eigenvalue weighted by Crippen LogP contribution is 2.32. The van der Waals surface area contributed by atoms with E-state index < -0.39 is 11.7 Å². The molecule has 0 spiro atoms. The normalized spacial score (nSPS) is 10.9. The van der Waals surface area contributed by atoms with Crippen molar-refractivity contribution in [1.29, 1.82) is 5.26 Å². The molecule has 20 heavy (non-hydrogen) atoms. The second kappa shape index (κ2) is 5.25. The Morgan fingerprint density at radius 3 is 2.25 bits per heavy atom. The Morgan fingerprint density at radius 2 is 1.70 bits per heavy atom. The molecule has 0 saturated heterocycles. The Balaban J connectivity index is 2.33. The topological polar surface area (TPSA) is 35.8 Å². The fourth-order valence-corrected chi connectivity index (χ4v) is 1.71. The molecule has 2 aromatic carbocycles.